The summed E-state index contributed by atoms with van der Waals surface area (Å²) in [5.41, 5.74) is 5.54. The zero-order valence-corrected chi connectivity index (χ0v) is 7.53. The average molecular weight is 163 g/mol. The van der Waals surface area contributed by atoms with Gasteiger partial charge >= 0.3 is 0 Å². The molecule has 0 aromatic rings. The number of hydrogen-bond donors (Lipinski definition) is 2. The Morgan fingerprint density at radius 2 is 2.00 bits per heavy atom. The molecule has 0 aliphatic carbocycles. The molecular weight excluding hydrogens is 146 g/mol. The Bertz CT molecular complexity index is 78.0. The van der Waals surface area contributed by atoms with Crippen LogP contribution >= 0.6 is 11.8 Å². The lowest BCUT2D eigenvalue weighted by Gasteiger charge is -2.08. The highest BCUT2D eigenvalue weighted by Crippen LogP contribution is 2.07. The number of rotatable bonds is 5. The lowest BCUT2D eigenvalue weighted by atomic mass is 10.2. The molecule has 62 valence electrons. The first-order chi connectivity index (χ1) is 4.66. The Kier molecular flexibility index (Phi) is 6.17. The van der Waals surface area contributed by atoms with Crippen molar-refractivity contribution in [3.05, 3.63) is 0 Å². The summed E-state index contributed by atoms with van der Waals surface area (Å²) in [6.07, 6.45) is 0. The smallest absolute Gasteiger partial charge is 0.0464 e. The third-order valence-electron chi connectivity index (χ3n) is 1.09. The number of thioether (sulfide) groups is 1. The highest BCUT2D eigenvalue weighted by atomic mass is 32.2. The van der Waals surface area contributed by atoms with Gasteiger partial charge in [0.1, 0.15) is 0 Å². The van der Waals surface area contributed by atoms with E-state index in [4.69, 9.17) is 10.8 Å². The first-order valence-corrected chi connectivity index (χ1v) is 4.76. The van der Waals surface area contributed by atoms with E-state index in [0.29, 0.717) is 5.92 Å². The summed E-state index contributed by atoms with van der Waals surface area (Å²) in [6, 6.07) is 0.274. The van der Waals surface area contributed by atoms with E-state index < -0.39 is 0 Å². The molecule has 3 heteroatoms. The van der Waals surface area contributed by atoms with Crippen LogP contribution in [0.2, 0.25) is 0 Å². The zero-order chi connectivity index (χ0) is 7.98. The average Bonchev–Trinajstić information content (AvgIpc) is 1.87. The maximum Gasteiger partial charge on any atom is 0.0464 e. The number of aliphatic hydroxyl groups is 1. The van der Waals surface area contributed by atoms with E-state index in [2.05, 4.69) is 0 Å². The maximum absolute atomic E-state index is 8.66. The second-order valence-corrected chi connectivity index (χ2v) is 3.88. The minimum absolute atomic E-state index is 0.274. The van der Waals surface area contributed by atoms with Gasteiger partial charge in [-0.2, -0.15) is 11.8 Å². The molecule has 10 heavy (non-hydrogen) atoms. The lowest BCUT2D eigenvalue weighted by molar-refractivity contribution is 0.250. The van der Waals surface area contributed by atoms with Gasteiger partial charge in [-0.25, -0.2) is 0 Å². The van der Waals surface area contributed by atoms with Crippen LogP contribution in [0.4, 0.5) is 0 Å². The van der Waals surface area contributed by atoms with Gasteiger partial charge in [-0.1, -0.05) is 6.92 Å². The van der Waals surface area contributed by atoms with Gasteiger partial charge in [-0.15, -0.1) is 0 Å². The Morgan fingerprint density at radius 1 is 1.40 bits per heavy atom. The Hall–Kier alpha value is 0.270. The summed E-state index contributed by atoms with van der Waals surface area (Å²) in [7, 11) is 0. The van der Waals surface area contributed by atoms with Gasteiger partial charge in [0.2, 0.25) is 0 Å². The van der Waals surface area contributed by atoms with E-state index in [1.807, 2.05) is 25.6 Å². The van der Waals surface area contributed by atoms with E-state index in [1.165, 1.54) is 0 Å². The van der Waals surface area contributed by atoms with Gasteiger partial charge in [-0.3, -0.25) is 0 Å². The summed E-state index contributed by atoms with van der Waals surface area (Å²) < 4.78 is 0. The Morgan fingerprint density at radius 3 is 2.40 bits per heavy atom. The number of nitrogens with two attached hydrogens (primary N) is 1. The first kappa shape index (κ1) is 10.3. The van der Waals surface area contributed by atoms with Crippen LogP contribution in [-0.4, -0.2) is 29.3 Å². The molecule has 0 spiro atoms. The topological polar surface area (TPSA) is 46.2 Å². The monoisotopic (exact) mass is 163 g/mol. The first-order valence-electron chi connectivity index (χ1n) is 3.61. The van der Waals surface area contributed by atoms with Crippen molar-refractivity contribution < 1.29 is 5.11 Å². The Balaban J connectivity index is 3.03. The van der Waals surface area contributed by atoms with Gasteiger partial charge in [-0.05, 0) is 18.6 Å². The van der Waals surface area contributed by atoms with Crippen LogP contribution in [0.5, 0.6) is 0 Å². The van der Waals surface area contributed by atoms with Crippen molar-refractivity contribution in [2.75, 3.05) is 18.1 Å². The van der Waals surface area contributed by atoms with E-state index in [1.54, 1.807) is 0 Å². The van der Waals surface area contributed by atoms with Crippen LogP contribution < -0.4 is 5.73 Å². The number of aliphatic hydroxyl groups excluding tert-OH is 1. The molecule has 0 bridgehead atoms. The van der Waals surface area contributed by atoms with E-state index in [9.17, 15) is 0 Å². The summed E-state index contributed by atoms with van der Waals surface area (Å²) in [6.45, 7) is 4.32. The van der Waals surface area contributed by atoms with Gasteiger partial charge in [0.25, 0.3) is 0 Å². The normalized spacial score (nSPS) is 16.8. The summed E-state index contributed by atoms with van der Waals surface area (Å²) in [5, 5.41) is 8.66. The minimum Gasteiger partial charge on any atom is -0.396 e. The quantitative estimate of drug-likeness (QED) is 0.627. The predicted octanol–water partition coefficient (Wildman–Crippen LogP) is 0.695. The van der Waals surface area contributed by atoms with Gasteiger partial charge < -0.3 is 10.8 Å². The van der Waals surface area contributed by atoms with Crippen molar-refractivity contribution in [2.24, 2.45) is 11.7 Å². The van der Waals surface area contributed by atoms with Crippen LogP contribution in [0.15, 0.2) is 0 Å². The molecule has 0 radical (unpaired) electrons. The van der Waals surface area contributed by atoms with Crippen LogP contribution in [0, 0.1) is 5.92 Å². The van der Waals surface area contributed by atoms with Crippen LogP contribution in [0.25, 0.3) is 0 Å². The molecule has 0 aliphatic heterocycles. The minimum atomic E-state index is 0.274. The molecule has 0 fully saturated rings. The SMILES string of the molecule is CC(CO)CSC[C@H](C)N. The van der Waals surface area contributed by atoms with Gasteiger partial charge in [0, 0.05) is 18.4 Å². The summed E-state index contributed by atoms with van der Waals surface area (Å²) in [5.74, 6) is 2.41. The van der Waals surface area contributed by atoms with Gasteiger partial charge in [0.15, 0.2) is 0 Å². The highest BCUT2D eigenvalue weighted by Gasteiger charge is 2.00. The predicted molar refractivity (Wildman–Crippen MR) is 47.2 cm³/mol. The van der Waals surface area contributed by atoms with E-state index >= 15 is 0 Å². The second kappa shape index (κ2) is 6.01. The largest absolute Gasteiger partial charge is 0.396 e. The molecule has 0 aliphatic rings. The summed E-state index contributed by atoms with van der Waals surface area (Å²) >= 11 is 1.81. The number of hydrogen-bond acceptors (Lipinski definition) is 3. The zero-order valence-electron chi connectivity index (χ0n) is 6.71. The highest BCUT2D eigenvalue weighted by molar-refractivity contribution is 7.99. The molecule has 1 unspecified atom stereocenters. The third kappa shape index (κ3) is 6.39. The van der Waals surface area contributed by atoms with Crippen molar-refractivity contribution >= 4 is 11.8 Å². The van der Waals surface area contributed by atoms with E-state index in [-0.39, 0.29) is 12.6 Å². The fourth-order valence-corrected chi connectivity index (χ4v) is 1.52. The molecule has 0 aromatic carbocycles. The van der Waals surface area contributed by atoms with Crippen LogP contribution in [0.1, 0.15) is 13.8 Å². The third-order valence-corrected chi connectivity index (χ3v) is 2.66. The summed E-state index contributed by atoms with van der Waals surface area (Å²) in [4.78, 5) is 0. The molecule has 2 atom stereocenters. The van der Waals surface area contributed by atoms with Crippen molar-refractivity contribution in [3.8, 4) is 0 Å². The van der Waals surface area contributed by atoms with Crippen LogP contribution in [-0.2, 0) is 0 Å². The fourth-order valence-electron chi connectivity index (χ4n) is 0.508. The lowest BCUT2D eigenvalue weighted by Crippen LogP contribution is -2.18. The molecule has 0 saturated heterocycles. The second-order valence-electron chi connectivity index (χ2n) is 2.80. The molecule has 2 nitrogen and oxygen atoms in total. The standard InChI is InChI=1S/C7H17NOS/c1-6(3-9)4-10-5-7(2)8/h6-7,9H,3-5,8H2,1-2H3/t6?,7-/m0/s1. The fraction of sp³-hybridized carbons (Fsp3) is 1.00. The molecule has 3 N–H and O–H groups in total. The van der Waals surface area contributed by atoms with Gasteiger partial charge in [0.05, 0.1) is 0 Å². The Labute approximate surface area is 67.2 Å². The molecule has 0 aromatic heterocycles. The van der Waals surface area contributed by atoms with Crippen molar-refractivity contribution in [2.45, 2.75) is 19.9 Å². The van der Waals surface area contributed by atoms with Crippen molar-refractivity contribution in [1.82, 2.24) is 0 Å². The molecular formula is C7H17NOS. The molecule has 0 saturated carbocycles. The molecule has 0 amide bonds. The molecule has 0 rings (SSSR count). The van der Waals surface area contributed by atoms with E-state index in [0.717, 1.165) is 11.5 Å². The van der Waals surface area contributed by atoms with Crippen molar-refractivity contribution in [3.63, 3.8) is 0 Å². The van der Waals surface area contributed by atoms with Crippen molar-refractivity contribution in [1.29, 1.82) is 0 Å². The maximum atomic E-state index is 8.66. The molecule has 0 heterocycles. The van der Waals surface area contributed by atoms with Crippen LogP contribution in [0.3, 0.4) is 0 Å².